The molecule has 0 heterocycles. The van der Waals surface area contributed by atoms with Crippen LogP contribution in [0.3, 0.4) is 0 Å². The summed E-state index contributed by atoms with van der Waals surface area (Å²) in [6.45, 7) is 7.89. The number of hydrogen-bond acceptors (Lipinski definition) is 4. The van der Waals surface area contributed by atoms with Gasteiger partial charge in [0.15, 0.2) is 0 Å². The number of sulfonamides is 1. The van der Waals surface area contributed by atoms with Crippen molar-refractivity contribution in [1.82, 2.24) is 10.0 Å². The van der Waals surface area contributed by atoms with Crippen LogP contribution >= 0.6 is 0 Å². The summed E-state index contributed by atoms with van der Waals surface area (Å²) in [5, 5.41) is 5.30. The molecule has 0 aliphatic heterocycles. The Balaban J connectivity index is 1.87. The first kappa shape index (κ1) is 21.7. The van der Waals surface area contributed by atoms with Crippen molar-refractivity contribution in [1.29, 1.82) is 0 Å². The Morgan fingerprint density at radius 3 is 2.46 bits per heavy atom. The van der Waals surface area contributed by atoms with Crippen molar-refractivity contribution in [3.63, 3.8) is 0 Å². The molecule has 2 rings (SSSR count). The molecule has 0 bridgehead atoms. The monoisotopic (exact) mass is 405 g/mol. The van der Waals surface area contributed by atoms with E-state index in [1.54, 1.807) is 32.9 Å². The van der Waals surface area contributed by atoms with E-state index in [-0.39, 0.29) is 4.90 Å². The first-order chi connectivity index (χ1) is 13.0. The van der Waals surface area contributed by atoms with Gasteiger partial charge in [-0.05, 0) is 63.6 Å². The zero-order valence-corrected chi connectivity index (χ0v) is 17.4. The summed E-state index contributed by atoms with van der Waals surface area (Å²) < 4.78 is 32.9. The van der Waals surface area contributed by atoms with Crippen molar-refractivity contribution in [2.75, 3.05) is 18.5 Å². The van der Waals surface area contributed by atoms with E-state index in [1.165, 1.54) is 12.1 Å². The number of carbonyl (C=O) groups is 1. The highest BCUT2D eigenvalue weighted by atomic mass is 32.2. The lowest BCUT2D eigenvalue weighted by atomic mass is 10.1. The highest BCUT2D eigenvalue weighted by Gasteiger charge is 2.22. The summed E-state index contributed by atoms with van der Waals surface area (Å²) in [6, 6.07) is 13.3. The van der Waals surface area contributed by atoms with Gasteiger partial charge in [0.05, 0.1) is 11.4 Å². The predicted octanol–water partition coefficient (Wildman–Crippen LogP) is 3.27. The second-order valence-electron chi connectivity index (χ2n) is 7.43. The maximum absolute atomic E-state index is 12.4. The minimum absolute atomic E-state index is 0.0861. The summed E-state index contributed by atoms with van der Waals surface area (Å²) in [4.78, 5) is 12.1. The van der Waals surface area contributed by atoms with Gasteiger partial charge in [-0.1, -0.05) is 18.2 Å². The molecule has 0 atom stereocenters. The molecule has 0 aliphatic carbocycles. The Kier molecular flexibility index (Phi) is 7.04. The molecule has 0 saturated carbocycles. The fraction of sp³-hybridized carbons (Fsp3) is 0.350. The van der Waals surface area contributed by atoms with Crippen LogP contribution in [-0.4, -0.2) is 33.1 Å². The van der Waals surface area contributed by atoms with Crippen LogP contribution in [-0.2, 0) is 10.0 Å². The maximum atomic E-state index is 12.4. The number of nitrogens with one attached hydrogen (secondary N) is 3. The van der Waals surface area contributed by atoms with E-state index < -0.39 is 21.6 Å². The lowest BCUT2D eigenvalue weighted by molar-refractivity contribution is 0.247. The summed E-state index contributed by atoms with van der Waals surface area (Å²) >= 11 is 0. The van der Waals surface area contributed by atoms with Gasteiger partial charge in [-0.25, -0.2) is 17.9 Å². The third-order valence-corrected chi connectivity index (χ3v) is 5.24. The number of benzene rings is 2. The van der Waals surface area contributed by atoms with Crippen molar-refractivity contribution in [2.45, 2.75) is 38.1 Å². The van der Waals surface area contributed by atoms with E-state index in [2.05, 4.69) is 15.4 Å². The number of ether oxygens (including phenoxy) is 1. The Bertz CT molecular complexity index is 921. The average molecular weight is 406 g/mol. The lowest BCUT2D eigenvalue weighted by Gasteiger charge is -2.20. The van der Waals surface area contributed by atoms with Crippen molar-refractivity contribution in [2.24, 2.45) is 0 Å². The number of amides is 2. The number of rotatable bonds is 7. The fourth-order valence-electron chi connectivity index (χ4n) is 2.42. The highest BCUT2D eigenvalue weighted by molar-refractivity contribution is 7.89. The molecule has 0 spiro atoms. The minimum atomic E-state index is -3.67. The third-order valence-electron chi connectivity index (χ3n) is 3.49. The largest absolute Gasteiger partial charge is 0.492 e. The van der Waals surface area contributed by atoms with Gasteiger partial charge in [0.1, 0.15) is 12.4 Å². The van der Waals surface area contributed by atoms with Crippen molar-refractivity contribution >= 4 is 21.7 Å². The summed E-state index contributed by atoms with van der Waals surface area (Å²) in [6.07, 6.45) is 0. The van der Waals surface area contributed by atoms with Crippen molar-refractivity contribution < 1.29 is 17.9 Å². The second kappa shape index (κ2) is 9.07. The molecule has 152 valence electrons. The maximum Gasteiger partial charge on any atom is 0.319 e. The van der Waals surface area contributed by atoms with E-state index in [1.807, 2.05) is 31.2 Å². The van der Waals surface area contributed by atoms with Gasteiger partial charge in [-0.2, -0.15) is 0 Å². The van der Waals surface area contributed by atoms with Crippen LogP contribution in [0.1, 0.15) is 26.3 Å². The molecular weight excluding hydrogens is 378 g/mol. The molecule has 7 nitrogen and oxygen atoms in total. The van der Waals surface area contributed by atoms with E-state index in [4.69, 9.17) is 4.74 Å². The number of aryl methyl sites for hydroxylation is 1. The Labute approximate surface area is 166 Å². The van der Waals surface area contributed by atoms with Crippen molar-refractivity contribution in [3.8, 4) is 5.75 Å². The van der Waals surface area contributed by atoms with Gasteiger partial charge < -0.3 is 15.4 Å². The third kappa shape index (κ3) is 7.21. The Morgan fingerprint density at radius 1 is 1.07 bits per heavy atom. The Hall–Kier alpha value is -2.58. The molecule has 28 heavy (non-hydrogen) atoms. The normalized spacial score (nSPS) is 11.7. The van der Waals surface area contributed by atoms with Crippen LogP contribution in [0.5, 0.6) is 5.75 Å². The molecule has 0 fully saturated rings. The molecular formula is C20H27N3O4S. The van der Waals surface area contributed by atoms with Crippen LogP contribution in [0.15, 0.2) is 53.4 Å². The molecule has 0 saturated heterocycles. The minimum Gasteiger partial charge on any atom is -0.492 e. The molecule has 0 aliphatic rings. The van der Waals surface area contributed by atoms with E-state index >= 15 is 0 Å². The molecule has 2 aromatic rings. The highest BCUT2D eigenvalue weighted by Crippen LogP contribution is 2.17. The summed E-state index contributed by atoms with van der Waals surface area (Å²) in [5.74, 6) is 0.742. The lowest BCUT2D eigenvalue weighted by Crippen LogP contribution is -2.40. The first-order valence-electron chi connectivity index (χ1n) is 8.93. The van der Waals surface area contributed by atoms with Gasteiger partial charge in [0, 0.05) is 11.2 Å². The average Bonchev–Trinajstić information content (AvgIpc) is 2.57. The zero-order chi connectivity index (χ0) is 20.8. The molecule has 8 heteroatoms. The Morgan fingerprint density at radius 2 is 1.79 bits per heavy atom. The number of carbonyl (C=O) groups excluding carboxylic acids is 1. The van der Waals surface area contributed by atoms with E-state index in [9.17, 15) is 13.2 Å². The summed E-state index contributed by atoms with van der Waals surface area (Å²) in [7, 11) is -3.67. The molecule has 2 aromatic carbocycles. The summed E-state index contributed by atoms with van der Waals surface area (Å²) in [5.41, 5.74) is 0.879. The smallest absolute Gasteiger partial charge is 0.319 e. The number of urea groups is 1. The van der Waals surface area contributed by atoms with Gasteiger partial charge in [0.2, 0.25) is 10.0 Å². The quantitative estimate of drug-likeness (QED) is 0.616. The van der Waals surface area contributed by atoms with Crippen LogP contribution < -0.4 is 20.1 Å². The van der Waals surface area contributed by atoms with Gasteiger partial charge in [-0.15, -0.1) is 0 Å². The van der Waals surface area contributed by atoms with Gasteiger partial charge in [0.25, 0.3) is 0 Å². The van der Waals surface area contributed by atoms with Crippen molar-refractivity contribution in [3.05, 3.63) is 54.1 Å². The topological polar surface area (TPSA) is 96.5 Å². The zero-order valence-electron chi connectivity index (χ0n) is 16.6. The standard InChI is InChI=1S/C20H27N3O4S/c1-15-7-5-9-17(13-15)27-12-11-21-19(24)22-16-8-6-10-18(14-16)28(25,26)23-20(2,3)4/h5-10,13-14,23H,11-12H2,1-4H3,(H2,21,22,24). The predicted molar refractivity (Wildman–Crippen MR) is 110 cm³/mol. The van der Waals surface area contributed by atoms with Crippen LogP contribution in [0.25, 0.3) is 0 Å². The first-order valence-corrected chi connectivity index (χ1v) is 10.4. The number of anilines is 1. The molecule has 0 unspecified atom stereocenters. The molecule has 0 aromatic heterocycles. The molecule has 3 N–H and O–H groups in total. The van der Waals surface area contributed by atoms with E-state index in [0.717, 1.165) is 11.3 Å². The van der Waals surface area contributed by atoms with Crippen LogP contribution in [0.2, 0.25) is 0 Å². The SMILES string of the molecule is Cc1cccc(OCCNC(=O)Nc2cccc(S(=O)(=O)NC(C)(C)C)c2)c1. The molecule has 2 amide bonds. The van der Waals surface area contributed by atoms with Gasteiger partial charge >= 0.3 is 6.03 Å². The van der Waals surface area contributed by atoms with Crippen LogP contribution in [0, 0.1) is 6.92 Å². The molecule has 0 radical (unpaired) electrons. The van der Waals surface area contributed by atoms with Gasteiger partial charge in [-0.3, -0.25) is 0 Å². The number of hydrogen-bond donors (Lipinski definition) is 3. The second-order valence-corrected chi connectivity index (χ2v) is 9.11. The van der Waals surface area contributed by atoms with Crippen LogP contribution in [0.4, 0.5) is 10.5 Å². The fourth-order valence-corrected chi connectivity index (χ4v) is 3.88. The van der Waals surface area contributed by atoms with E-state index in [0.29, 0.717) is 18.8 Å².